The van der Waals surface area contributed by atoms with Gasteiger partial charge in [-0.1, -0.05) is 12.8 Å². The predicted octanol–water partition coefficient (Wildman–Crippen LogP) is 2.69. The highest BCUT2D eigenvalue weighted by molar-refractivity contribution is 4.96. The van der Waals surface area contributed by atoms with Gasteiger partial charge in [0.05, 0.1) is 11.7 Å². The van der Waals surface area contributed by atoms with Crippen LogP contribution >= 0.6 is 0 Å². The van der Waals surface area contributed by atoms with Crippen LogP contribution in [0.25, 0.3) is 0 Å². The van der Waals surface area contributed by atoms with Crippen molar-refractivity contribution in [1.29, 1.82) is 0 Å². The van der Waals surface area contributed by atoms with Gasteiger partial charge in [-0.25, -0.2) is 0 Å². The zero-order chi connectivity index (χ0) is 13.4. The zero-order valence-corrected chi connectivity index (χ0v) is 12.8. The molecule has 1 N–H and O–H groups in total. The molecule has 1 spiro atoms. The molecule has 4 fully saturated rings. The SMILES string of the molecule is C1CNC(C2CCCN2CC2CCC3(CCCC3)O2)C1. The van der Waals surface area contributed by atoms with Crippen molar-refractivity contribution in [2.24, 2.45) is 0 Å². The average Bonchev–Trinajstić information content (AvgIpc) is 3.21. The van der Waals surface area contributed by atoms with E-state index >= 15 is 0 Å². The normalized spacial score (nSPS) is 41.1. The van der Waals surface area contributed by atoms with E-state index in [9.17, 15) is 0 Å². The lowest BCUT2D eigenvalue weighted by molar-refractivity contribution is -0.0493. The number of ether oxygens (including phenoxy) is 1. The highest BCUT2D eigenvalue weighted by Gasteiger charge is 2.43. The fraction of sp³-hybridized carbons (Fsp3) is 1.00. The summed E-state index contributed by atoms with van der Waals surface area (Å²) in [6.45, 7) is 3.73. The maximum atomic E-state index is 6.52. The lowest BCUT2D eigenvalue weighted by atomic mass is 9.98. The first-order valence-electron chi connectivity index (χ1n) is 9.00. The minimum Gasteiger partial charge on any atom is -0.370 e. The van der Waals surface area contributed by atoms with E-state index in [1.807, 2.05) is 0 Å². The summed E-state index contributed by atoms with van der Waals surface area (Å²) in [5.74, 6) is 0. The summed E-state index contributed by atoms with van der Waals surface area (Å²) in [4.78, 5) is 2.75. The maximum Gasteiger partial charge on any atom is 0.0710 e. The summed E-state index contributed by atoms with van der Waals surface area (Å²) in [5, 5.41) is 3.72. The Morgan fingerprint density at radius 1 is 1.00 bits per heavy atom. The summed E-state index contributed by atoms with van der Waals surface area (Å²) in [7, 11) is 0. The third kappa shape index (κ3) is 2.53. The van der Waals surface area contributed by atoms with Crippen molar-refractivity contribution in [2.75, 3.05) is 19.6 Å². The molecule has 0 aromatic heterocycles. The number of hydrogen-bond acceptors (Lipinski definition) is 3. The largest absolute Gasteiger partial charge is 0.370 e. The minimum atomic E-state index is 0.311. The van der Waals surface area contributed by atoms with Crippen molar-refractivity contribution in [3.63, 3.8) is 0 Å². The maximum absolute atomic E-state index is 6.52. The van der Waals surface area contributed by atoms with Crippen LogP contribution in [-0.4, -0.2) is 48.3 Å². The van der Waals surface area contributed by atoms with E-state index in [0.29, 0.717) is 11.7 Å². The van der Waals surface area contributed by atoms with E-state index in [1.54, 1.807) is 0 Å². The van der Waals surface area contributed by atoms with Gasteiger partial charge >= 0.3 is 0 Å². The van der Waals surface area contributed by atoms with E-state index in [1.165, 1.54) is 83.8 Å². The topological polar surface area (TPSA) is 24.5 Å². The second-order valence-electron chi connectivity index (χ2n) is 7.58. The molecule has 114 valence electrons. The summed E-state index contributed by atoms with van der Waals surface area (Å²) in [5.41, 5.74) is 0.311. The number of nitrogens with zero attached hydrogens (tertiary/aromatic N) is 1. The van der Waals surface area contributed by atoms with E-state index in [-0.39, 0.29) is 0 Å². The van der Waals surface area contributed by atoms with Crippen molar-refractivity contribution in [1.82, 2.24) is 10.2 Å². The van der Waals surface area contributed by atoms with Crippen LogP contribution in [0.15, 0.2) is 0 Å². The van der Waals surface area contributed by atoms with Crippen molar-refractivity contribution in [3.8, 4) is 0 Å². The second-order valence-corrected chi connectivity index (χ2v) is 7.58. The van der Waals surface area contributed by atoms with Gasteiger partial charge in [0.15, 0.2) is 0 Å². The lowest BCUT2D eigenvalue weighted by Gasteiger charge is -2.32. The van der Waals surface area contributed by atoms with Gasteiger partial charge in [0.2, 0.25) is 0 Å². The molecule has 0 radical (unpaired) electrons. The summed E-state index contributed by atoms with van der Waals surface area (Å²) >= 11 is 0. The predicted molar refractivity (Wildman–Crippen MR) is 80.9 cm³/mol. The van der Waals surface area contributed by atoms with Crippen molar-refractivity contribution < 1.29 is 4.74 Å². The second kappa shape index (κ2) is 5.58. The first kappa shape index (κ1) is 13.5. The third-order valence-corrected chi connectivity index (χ3v) is 6.27. The molecule has 3 atom stereocenters. The molecule has 3 unspecified atom stereocenters. The number of rotatable bonds is 3. The van der Waals surface area contributed by atoms with Crippen LogP contribution in [0.4, 0.5) is 0 Å². The Morgan fingerprint density at radius 3 is 2.70 bits per heavy atom. The molecule has 1 aliphatic carbocycles. The lowest BCUT2D eigenvalue weighted by Crippen LogP contribution is -2.46. The van der Waals surface area contributed by atoms with E-state index in [4.69, 9.17) is 4.74 Å². The Hall–Kier alpha value is -0.120. The zero-order valence-electron chi connectivity index (χ0n) is 12.8. The van der Waals surface area contributed by atoms with E-state index < -0.39 is 0 Å². The van der Waals surface area contributed by atoms with Gasteiger partial charge in [-0.2, -0.15) is 0 Å². The van der Waals surface area contributed by atoms with Crippen molar-refractivity contribution >= 4 is 0 Å². The molecule has 3 saturated heterocycles. The molecule has 3 nitrogen and oxygen atoms in total. The first-order valence-corrected chi connectivity index (χ1v) is 9.00. The van der Waals surface area contributed by atoms with E-state index in [2.05, 4.69) is 10.2 Å². The van der Waals surface area contributed by atoms with Gasteiger partial charge in [0.1, 0.15) is 0 Å². The third-order valence-electron chi connectivity index (χ3n) is 6.27. The molecule has 0 amide bonds. The van der Waals surface area contributed by atoms with Crippen LogP contribution in [-0.2, 0) is 4.74 Å². The summed E-state index contributed by atoms with van der Waals surface area (Å²) in [6.07, 6.45) is 14.2. The minimum absolute atomic E-state index is 0.311. The number of hydrogen-bond donors (Lipinski definition) is 1. The van der Waals surface area contributed by atoms with Gasteiger partial charge in [-0.05, 0) is 64.5 Å². The highest BCUT2D eigenvalue weighted by atomic mass is 16.5. The molecule has 3 heteroatoms. The monoisotopic (exact) mass is 278 g/mol. The van der Waals surface area contributed by atoms with Crippen LogP contribution in [0, 0.1) is 0 Å². The fourth-order valence-electron chi connectivity index (χ4n) is 5.25. The quantitative estimate of drug-likeness (QED) is 0.859. The molecule has 0 aromatic carbocycles. The van der Waals surface area contributed by atoms with Gasteiger partial charge in [-0.3, -0.25) is 4.90 Å². The molecule has 4 rings (SSSR count). The Balaban J connectivity index is 1.34. The average molecular weight is 278 g/mol. The molecular weight excluding hydrogens is 248 g/mol. The standard InChI is InChI=1S/C17H30N2O/c1-2-9-17(8-1)10-7-14(20-17)13-19-12-4-6-16(19)15-5-3-11-18-15/h14-16,18H,1-13H2. The van der Waals surface area contributed by atoms with Crippen LogP contribution < -0.4 is 5.32 Å². The van der Waals surface area contributed by atoms with Gasteiger partial charge in [0, 0.05) is 18.6 Å². The Bertz CT molecular complexity index is 334. The Kier molecular flexibility index (Phi) is 3.78. The molecule has 1 saturated carbocycles. The molecule has 0 bridgehead atoms. The van der Waals surface area contributed by atoms with Gasteiger partial charge < -0.3 is 10.1 Å². The Morgan fingerprint density at radius 2 is 1.90 bits per heavy atom. The molecule has 3 heterocycles. The smallest absolute Gasteiger partial charge is 0.0710 e. The van der Waals surface area contributed by atoms with Crippen LogP contribution in [0.3, 0.4) is 0 Å². The van der Waals surface area contributed by atoms with Gasteiger partial charge in [-0.15, -0.1) is 0 Å². The van der Waals surface area contributed by atoms with E-state index in [0.717, 1.165) is 12.1 Å². The van der Waals surface area contributed by atoms with Crippen LogP contribution in [0.1, 0.15) is 64.2 Å². The van der Waals surface area contributed by atoms with Crippen molar-refractivity contribution in [2.45, 2.75) is 88.0 Å². The summed E-state index contributed by atoms with van der Waals surface area (Å²) < 4.78 is 6.52. The fourth-order valence-corrected chi connectivity index (χ4v) is 5.25. The van der Waals surface area contributed by atoms with Gasteiger partial charge in [0.25, 0.3) is 0 Å². The molecular formula is C17H30N2O. The molecule has 20 heavy (non-hydrogen) atoms. The molecule has 0 aromatic rings. The summed E-state index contributed by atoms with van der Waals surface area (Å²) in [6, 6.07) is 1.56. The van der Waals surface area contributed by atoms with Crippen LogP contribution in [0.5, 0.6) is 0 Å². The first-order chi connectivity index (χ1) is 9.85. The molecule has 4 aliphatic rings. The molecule has 3 aliphatic heterocycles. The van der Waals surface area contributed by atoms with Crippen molar-refractivity contribution in [3.05, 3.63) is 0 Å². The number of nitrogens with one attached hydrogen (secondary N) is 1. The highest BCUT2D eigenvalue weighted by Crippen LogP contribution is 2.43. The van der Waals surface area contributed by atoms with Crippen LogP contribution in [0.2, 0.25) is 0 Å². The Labute approximate surface area is 123 Å². The number of likely N-dealkylation sites (tertiary alicyclic amines) is 1.